The van der Waals surface area contributed by atoms with E-state index in [0.717, 1.165) is 33.9 Å². The Morgan fingerprint density at radius 2 is 2.15 bits per heavy atom. The van der Waals surface area contributed by atoms with Crippen molar-refractivity contribution in [3.8, 4) is 28.1 Å². The number of furan rings is 1. The minimum Gasteiger partial charge on any atom is -0.497 e. The second kappa shape index (κ2) is 4.77. The smallest absolute Gasteiger partial charge is 0.153 e. The van der Waals surface area contributed by atoms with Crippen LogP contribution in [0.3, 0.4) is 0 Å². The summed E-state index contributed by atoms with van der Waals surface area (Å²) < 4.78 is 10.6. The third-order valence-corrected chi connectivity index (χ3v) is 3.28. The van der Waals surface area contributed by atoms with Gasteiger partial charge >= 0.3 is 0 Å². The van der Waals surface area contributed by atoms with E-state index >= 15 is 0 Å². The third kappa shape index (κ3) is 1.93. The molecule has 0 aliphatic heterocycles. The zero-order chi connectivity index (χ0) is 14.1. The van der Waals surface area contributed by atoms with E-state index in [9.17, 15) is 0 Å². The SMILES string of the molecule is COc1cccc(-c2c(N)n[nH]c2-c2ccoc2C)c1. The largest absolute Gasteiger partial charge is 0.497 e. The molecule has 3 rings (SSSR count). The highest BCUT2D eigenvalue weighted by molar-refractivity contribution is 5.88. The number of aryl methyl sites for hydroxylation is 1. The van der Waals surface area contributed by atoms with Crippen LogP contribution in [0.5, 0.6) is 5.75 Å². The van der Waals surface area contributed by atoms with Crippen LogP contribution >= 0.6 is 0 Å². The molecule has 2 heterocycles. The van der Waals surface area contributed by atoms with Crippen LogP contribution in [0.15, 0.2) is 41.0 Å². The van der Waals surface area contributed by atoms with E-state index in [1.807, 2.05) is 37.3 Å². The molecular weight excluding hydrogens is 254 g/mol. The summed E-state index contributed by atoms with van der Waals surface area (Å²) in [5, 5.41) is 7.09. The molecule has 2 aromatic heterocycles. The third-order valence-electron chi connectivity index (χ3n) is 3.28. The van der Waals surface area contributed by atoms with Gasteiger partial charge in [-0.2, -0.15) is 5.10 Å². The van der Waals surface area contributed by atoms with Gasteiger partial charge < -0.3 is 14.9 Å². The van der Waals surface area contributed by atoms with E-state index in [-0.39, 0.29) is 0 Å². The van der Waals surface area contributed by atoms with Crippen LogP contribution in [0.4, 0.5) is 5.82 Å². The minimum absolute atomic E-state index is 0.453. The highest BCUT2D eigenvalue weighted by Crippen LogP contribution is 2.37. The number of hydrogen-bond acceptors (Lipinski definition) is 4. The Morgan fingerprint density at radius 1 is 1.30 bits per heavy atom. The molecule has 0 fully saturated rings. The molecule has 3 aromatic rings. The Bertz CT molecular complexity index is 743. The summed E-state index contributed by atoms with van der Waals surface area (Å²) in [6.07, 6.45) is 1.65. The Labute approximate surface area is 116 Å². The Morgan fingerprint density at radius 3 is 2.85 bits per heavy atom. The summed E-state index contributed by atoms with van der Waals surface area (Å²) in [5.74, 6) is 2.05. The number of ether oxygens (including phenoxy) is 1. The zero-order valence-electron chi connectivity index (χ0n) is 11.3. The fourth-order valence-electron chi connectivity index (χ4n) is 2.27. The fourth-order valence-corrected chi connectivity index (χ4v) is 2.27. The molecule has 0 amide bonds. The van der Waals surface area contributed by atoms with Crippen LogP contribution in [-0.4, -0.2) is 17.3 Å². The van der Waals surface area contributed by atoms with E-state index in [2.05, 4.69) is 10.2 Å². The number of anilines is 1. The average Bonchev–Trinajstić information content (AvgIpc) is 3.04. The average molecular weight is 269 g/mol. The summed E-state index contributed by atoms with van der Waals surface area (Å²) in [5.41, 5.74) is 9.61. The van der Waals surface area contributed by atoms with E-state index < -0.39 is 0 Å². The topological polar surface area (TPSA) is 77.1 Å². The van der Waals surface area contributed by atoms with Crippen LogP contribution in [0, 0.1) is 6.92 Å². The van der Waals surface area contributed by atoms with Gasteiger partial charge in [-0.25, -0.2) is 0 Å². The lowest BCUT2D eigenvalue weighted by Gasteiger charge is -2.06. The van der Waals surface area contributed by atoms with Gasteiger partial charge in [-0.3, -0.25) is 5.10 Å². The van der Waals surface area contributed by atoms with Gasteiger partial charge in [0.25, 0.3) is 0 Å². The molecule has 0 saturated carbocycles. The van der Waals surface area contributed by atoms with Crippen LogP contribution in [-0.2, 0) is 0 Å². The number of hydrogen-bond donors (Lipinski definition) is 2. The van der Waals surface area contributed by atoms with Crippen LogP contribution < -0.4 is 10.5 Å². The van der Waals surface area contributed by atoms with Gasteiger partial charge in [-0.15, -0.1) is 0 Å². The van der Waals surface area contributed by atoms with Gasteiger partial charge in [0, 0.05) is 5.56 Å². The number of nitrogen functional groups attached to an aromatic ring is 1. The Kier molecular flexibility index (Phi) is 2.95. The molecule has 0 radical (unpaired) electrons. The van der Waals surface area contributed by atoms with Gasteiger partial charge in [0.1, 0.15) is 11.5 Å². The van der Waals surface area contributed by atoms with E-state index in [1.54, 1.807) is 13.4 Å². The number of nitrogens with zero attached hydrogens (tertiary/aromatic N) is 1. The number of rotatable bonds is 3. The highest BCUT2D eigenvalue weighted by Gasteiger charge is 2.17. The monoisotopic (exact) mass is 269 g/mol. The normalized spacial score (nSPS) is 10.7. The highest BCUT2D eigenvalue weighted by atomic mass is 16.5. The maximum absolute atomic E-state index is 6.01. The predicted octanol–water partition coefficient (Wildman–Crippen LogP) is 3.24. The lowest BCUT2D eigenvalue weighted by Crippen LogP contribution is -1.90. The summed E-state index contributed by atoms with van der Waals surface area (Å²) in [6, 6.07) is 9.61. The van der Waals surface area contributed by atoms with Crippen molar-refractivity contribution >= 4 is 5.82 Å². The van der Waals surface area contributed by atoms with Crippen molar-refractivity contribution in [3.05, 3.63) is 42.4 Å². The number of nitrogens with one attached hydrogen (secondary N) is 1. The van der Waals surface area contributed by atoms with E-state index in [1.165, 1.54) is 0 Å². The van der Waals surface area contributed by atoms with Crippen molar-refractivity contribution < 1.29 is 9.15 Å². The molecule has 0 aliphatic rings. The van der Waals surface area contributed by atoms with Gasteiger partial charge in [-0.05, 0) is 30.7 Å². The molecule has 0 saturated heterocycles. The van der Waals surface area contributed by atoms with Crippen molar-refractivity contribution in [2.75, 3.05) is 12.8 Å². The first-order valence-corrected chi connectivity index (χ1v) is 6.23. The Balaban J connectivity index is 2.19. The first-order chi connectivity index (χ1) is 9.70. The number of nitrogens with two attached hydrogens (primary N) is 1. The number of methoxy groups -OCH3 is 1. The van der Waals surface area contributed by atoms with Crippen molar-refractivity contribution in [1.82, 2.24) is 10.2 Å². The summed E-state index contributed by atoms with van der Waals surface area (Å²) >= 11 is 0. The second-order valence-corrected chi connectivity index (χ2v) is 4.48. The van der Waals surface area contributed by atoms with Crippen molar-refractivity contribution in [2.24, 2.45) is 0 Å². The summed E-state index contributed by atoms with van der Waals surface area (Å²) in [4.78, 5) is 0. The molecular formula is C15H15N3O2. The molecule has 3 N–H and O–H groups in total. The summed E-state index contributed by atoms with van der Waals surface area (Å²) in [6.45, 7) is 1.90. The molecule has 0 atom stereocenters. The number of aromatic amines is 1. The van der Waals surface area contributed by atoms with Crippen molar-refractivity contribution in [1.29, 1.82) is 0 Å². The number of benzene rings is 1. The van der Waals surface area contributed by atoms with Gasteiger partial charge in [0.2, 0.25) is 0 Å². The van der Waals surface area contributed by atoms with Crippen LogP contribution in [0.25, 0.3) is 22.4 Å². The Hall–Kier alpha value is -2.69. The maximum Gasteiger partial charge on any atom is 0.153 e. The molecule has 0 aliphatic carbocycles. The first-order valence-electron chi connectivity index (χ1n) is 6.23. The molecule has 0 spiro atoms. The standard InChI is InChI=1S/C15H15N3O2/c1-9-12(6-7-20-9)14-13(15(16)18-17-14)10-4-3-5-11(8-10)19-2/h3-8H,1-2H3,(H3,16,17,18). The van der Waals surface area contributed by atoms with E-state index in [4.69, 9.17) is 14.9 Å². The van der Waals surface area contributed by atoms with Crippen LogP contribution in [0.2, 0.25) is 0 Å². The molecule has 5 nitrogen and oxygen atoms in total. The van der Waals surface area contributed by atoms with Gasteiger partial charge in [0.05, 0.1) is 24.6 Å². The predicted molar refractivity (Wildman–Crippen MR) is 77.4 cm³/mol. The first kappa shape index (κ1) is 12.3. The maximum atomic E-state index is 6.01. The number of aromatic nitrogens is 2. The van der Waals surface area contributed by atoms with Gasteiger partial charge in [0.15, 0.2) is 5.82 Å². The molecule has 5 heteroatoms. The zero-order valence-corrected chi connectivity index (χ0v) is 11.3. The molecule has 0 bridgehead atoms. The van der Waals surface area contributed by atoms with Gasteiger partial charge in [-0.1, -0.05) is 12.1 Å². The lowest BCUT2D eigenvalue weighted by molar-refractivity contribution is 0.415. The second-order valence-electron chi connectivity index (χ2n) is 4.48. The molecule has 1 aromatic carbocycles. The summed E-state index contributed by atoms with van der Waals surface area (Å²) in [7, 11) is 1.64. The minimum atomic E-state index is 0.453. The van der Waals surface area contributed by atoms with E-state index in [0.29, 0.717) is 5.82 Å². The number of H-pyrrole nitrogens is 1. The fraction of sp³-hybridized carbons (Fsp3) is 0.133. The van der Waals surface area contributed by atoms with Crippen molar-refractivity contribution in [3.63, 3.8) is 0 Å². The van der Waals surface area contributed by atoms with Crippen LogP contribution in [0.1, 0.15) is 5.76 Å². The molecule has 102 valence electrons. The molecule has 20 heavy (non-hydrogen) atoms. The molecule has 0 unspecified atom stereocenters. The van der Waals surface area contributed by atoms with Crippen molar-refractivity contribution in [2.45, 2.75) is 6.92 Å². The quantitative estimate of drug-likeness (QED) is 0.765. The lowest BCUT2D eigenvalue weighted by atomic mass is 10.0.